The minimum absolute atomic E-state index is 0.176. The van der Waals surface area contributed by atoms with Crippen molar-refractivity contribution in [2.24, 2.45) is 0 Å². The largest absolute Gasteiger partial charge is 0.372 e. The molecule has 1 rings (SSSR count). The van der Waals surface area contributed by atoms with Crippen LogP contribution in [0.5, 0.6) is 0 Å². The Bertz CT molecular complexity index is 68.9. The summed E-state index contributed by atoms with van der Waals surface area (Å²) in [5, 5.41) is 0. The van der Waals surface area contributed by atoms with Gasteiger partial charge in [-0.15, -0.1) is 0 Å². The predicted octanol–water partition coefficient (Wildman–Crippen LogP) is 1.69. The van der Waals surface area contributed by atoms with Crippen LogP contribution in [0, 0.1) is 6.61 Å². The second-order valence-electron chi connectivity index (χ2n) is 2.18. The summed E-state index contributed by atoms with van der Waals surface area (Å²) in [7, 11) is 0. The third-order valence-electron chi connectivity index (χ3n) is 1.24. The molecule has 2 unspecified atom stereocenters. The topological polar surface area (TPSA) is 9.23 Å². The summed E-state index contributed by atoms with van der Waals surface area (Å²) in [5.41, 5.74) is 0. The van der Waals surface area contributed by atoms with Gasteiger partial charge in [0.05, 0.1) is 18.9 Å². The highest BCUT2D eigenvalue weighted by Crippen LogP contribution is 2.20. The maximum absolute atomic E-state index is 12.1. The van der Waals surface area contributed by atoms with Crippen molar-refractivity contribution in [3.63, 3.8) is 0 Å². The third kappa shape index (κ3) is 1.44. The zero-order valence-corrected chi connectivity index (χ0v) is 4.93. The highest BCUT2D eigenvalue weighted by atomic mass is 19.1. The Morgan fingerprint density at radius 1 is 2.00 bits per heavy atom. The van der Waals surface area contributed by atoms with Gasteiger partial charge in [-0.25, -0.2) is 4.39 Å². The Balaban J connectivity index is 2.01. The Morgan fingerprint density at radius 3 is 2.75 bits per heavy atom. The lowest BCUT2D eigenvalue weighted by molar-refractivity contribution is -0.00966. The number of halogens is 1. The van der Waals surface area contributed by atoms with E-state index < -0.39 is 6.17 Å². The first-order valence-electron chi connectivity index (χ1n) is 2.90. The Hall–Kier alpha value is -0.110. The second kappa shape index (κ2) is 2.44. The lowest BCUT2D eigenvalue weighted by Gasteiger charge is -2.25. The van der Waals surface area contributed by atoms with Gasteiger partial charge >= 0.3 is 0 Å². The van der Waals surface area contributed by atoms with Gasteiger partial charge in [-0.1, -0.05) is 0 Å². The van der Waals surface area contributed by atoms with E-state index in [1.54, 1.807) is 13.5 Å². The van der Waals surface area contributed by atoms with Crippen molar-refractivity contribution in [2.45, 2.75) is 32.0 Å². The molecule has 1 saturated heterocycles. The maximum Gasteiger partial charge on any atom is 0.0998 e. The quantitative estimate of drug-likeness (QED) is 0.534. The smallest absolute Gasteiger partial charge is 0.0998 e. The minimum Gasteiger partial charge on any atom is -0.372 e. The summed E-state index contributed by atoms with van der Waals surface area (Å²) in [6.07, 6.45) is 0.939. The molecule has 0 amide bonds. The average Bonchev–Trinajstić information content (AvgIpc) is 1.55. The van der Waals surface area contributed by atoms with Crippen molar-refractivity contribution in [3.8, 4) is 0 Å². The lowest BCUT2D eigenvalue weighted by atomic mass is 10.1. The highest BCUT2D eigenvalue weighted by molar-refractivity contribution is 4.76. The van der Waals surface area contributed by atoms with E-state index in [0.717, 1.165) is 6.42 Å². The van der Waals surface area contributed by atoms with Crippen LogP contribution >= 0.6 is 0 Å². The molecule has 0 aromatic rings. The van der Waals surface area contributed by atoms with Gasteiger partial charge < -0.3 is 4.74 Å². The van der Waals surface area contributed by atoms with Gasteiger partial charge in [0, 0.05) is 12.8 Å². The highest BCUT2D eigenvalue weighted by Gasteiger charge is 2.20. The Labute approximate surface area is 48.8 Å². The van der Waals surface area contributed by atoms with Crippen LogP contribution in [0.4, 0.5) is 4.39 Å². The molecule has 1 nitrogen and oxygen atoms in total. The molecule has 2 atom stereocenters. The van der Waals surface area contributed by atoms with Crippen LogP contribution in [0.2, 0.25) is 0 Å². The van der Waals surface area contributed by atoms with E-state index >= 15 is 0 Å². The molecule has 0 aromatic carbocycles. The van der Waals surface area contributed by atoms with Gasteiger partial charge in [-0.2, -0.15) is 0 Å². The molecule has 1 radical (unpaired) electrons. The number of hydrogen-bond donors (Lipinski definition) is 0. The molecule has 47 valence electrons. The second-order valence-corrected chi connectivity index (χ2v) is 2.18. The summed E-state index contributed by atoms with van der Waals surface area (Å²) >= 11 is 0. The standard InChI is InChI=1S/C6H10FO/c1-5(7)4-6-2-3-8-6/h3,5-6H,2,4H2,1H3. The van der Waals surface area contributed by atoms with Crippen LogP contribution in [0.25, 0.3) is 0 Å². The fraction of sp³-hybridized carbons (Fsp3) is 0.833. The van der Waals surface area contributed by atoms with E-state index in [0.29, 0.717) is 6.42 Å². The molecule has 0 aliphatic carbocycles. The van der Waals surface area contributed by atoms with Crippen molar-refractivity contribution in [1.82, 2.24) is 0 Å². The molecular weight excluding hydrogens is 107 g/mol. The normalized spacial score (nSPS) is 31.5. The first-order valence-corrected chi connectivity index (χ1v) is 2.90. The molecule has 1 fully saturated rings. The number of ether oxygens (including phenoxy) is 1. The van der Waals surface area contributed by atoms with E-state index in [-0.39, 0.29) is 6.10 Å². The number of alkyl halides is 1. The molecule has 1 aliphatic heterocycles. The summed E-state index contributed by atoms with van der Waals surface area (Å²) in [5.74, 6) is 0. The fourth-order valence-electron chi connectivity index (χ4n) is 0.746. The third-order valence-corrected chi connectivity index (χ3v) is 1.24. The minimum atomic E-state index is -0.714. The van der Waals surface area contributed by atoms with Crippen molar-refractivity contribution in [2.75, 3.05) is 0 Å². The van der Waals surface area contributed by atoms with Crippen LogP contribution in [0.1, 0.15) is 19.8 Å². The molecule has 0 aromatic heterocycles. The van der Waals surface area contributed by atoms with E-state index in [1.807, 2.05) is 0 Å². The molecular formula is C6H10FO. The zero-order chi connectivity index (χ0) is 5.98. The summed E-state index contributed by atoms with van der Waals surface area (Å²) in [6.45, 7) is 3.27. The van der Waals surface area contributed by atoms with Gasteiger partial charge in [0.1, 0.15) is 0 Å². The lowest BCUT2D eigenvalue weighted by Crippen LogP contribution is -2.24. The fourth-order valence-corrected chi connectivity index (χ4v) is 0.746. The van der Waals surface area contributed by atoms with E-state index in [1.165, 1.54) is 0 Å². The first-order chi connectivity index (χ1) is 3.79. The van der Waals surface area contributed by atoms with Gasteiger partial charge in [-0.05, 0) is 6.92 Å². The van der Waals surface area contributed by atoms with Crippen LogP contribution in [0.3, 0.4) is 0 Å². The van der Waals surface area contributed by atoms with E-state index in [4.69, 9.17) is 4.74 Å². The van der Waals surface area contributed by atoms with Crippen molar-refractivity contribution >= 4 is 0 Å². The maximum atomic E-state index is 12.1. The van der Waals surface area contributed by atoms with Gasteiger partial charge in [0.15, 0.2) is 0 Å². The van der Waals surface area contributed by atoms with Crippen LogP contribution in [-0.4, -0.2) is 12.3 Å². The SMILES string of the molecule is CC(F)CC1C[CH]O1. The molecule has 1 heterocycles. The summed E-state index contributed by atoms with van der Waals surface area (Å²) in [6, 6.07) is 0. The molecule has 0 saturated carbocycles. The Morgan fingerprint density at radius 2 is 2.62 bits per heavy atom. The Kier molecular flexibility index (Phi) is 1.84. The van der Waals surface area contributed by atoms with Crippen LogP contribution < -0.4 is 0 Å². The number of rotatable bonds is 2. The van der Waals surface area contributed by atoms with Crippen LogP contribution in [0.15, 0.2) is 0 Å². The van der Waals surface area contributed by atoms with Gasteiger partial charge in [0.25, 0.3) is 0 Å². The summed E-state index contributed by atoms with van der Waals surface area (Å²) in [4.78, 5) is 0. The molecule has 0 bridgehead atoms. The van der Waals surface area contributed by atoms with Crippen LogP contribution in [-0.2, 0) is 4.74 Å². The molecule has 2 heteroatoms. The van der Waals surface area contributed by atoms with Crippen molar-refractivity contribution in [1.29, 1.82) is 0 Å². The molecule has 8 heavy (non-hydrogen) atoms. The van der Waals surface area contributed by atoms with E-state index in [9.17, 15) is 4.39 Å². The van der Waals surface area contributed by atoms with Gasteiger partial charge in [0.2, 0.25) is 0 Å². The first kappa shape index (κ1) is 6.02. The van der Waals surface area contributed by atoms with Crippen molar-refractivity contribution in [3.05, 3.63) is 6.61 Å². The monoisotopic (exact) mass is 117 g/mol. The zero-order valence-electron chi connectivity index (χ0n) is 4.93. The van der Waals surface area contributed by atoms with Gasteiger partial charge in [-0.3, -0.25) is 0 Å². The summed E-state index contributed by atoms with van der Waals surface area (Å²) < 4.78 is 17.0. The van der Waals surface area contributed by atoms with Crippen molar-refractivity contribution < 1.29 is 9.13 Å². The average molecular weight is 117 g/mol. The molecule has 0 N–H and O–H groups in total. The van der Waals surface area contributed by atoms with E-state index in [2.05, 4.69) is 0 Å². The molecule has 1 aliphatic rings. The predicted molar refractivity (Wildman–Crippen MR) is 29.0 cm³/mol. The number of hydrogen-bond acceptors (Lipinski definition) is 1. The molecule has 0 spiro atoms.